The van der Waals surface area contributed by atoms with Gasteiger partial charge in [0, 0.05) is 30.4 Å². The number of hydrogen-bond donors (Lipinski definition) is 1. The largest absolute Gasteiger partial charge is 0.390 e. The van der Waals surface area contributed by atoms with Gasteiger partial charge in [0.25, 0.3) is 11.7 Å². The van der Waals surface area contributed by atoms with E-state index < -0.39 is 5.60 Å². The van der Waals surface area contributed by atoms with Gasteiger partial charge in [-0.1, -0.05) is 6.92 Å². The van der Waals surface area contributed by atoms with Crippen LogP contribution in [0.1, 0.15) is 48.7 Å². The summed E-state index contributed by atoms with van der Waals surface area (Å²) < 4.78 is 1.59. The van der Waals surface area contributed by atoms with Gasteiger partial charge in [-0.3, -0.25) is 4.79 Å². The highest BCUT2D eigenvalue weighted by Crippen LogP contribution is 2.30. The van der Waals surface area contributed by atoms with Gasteiger partial charge in [0.1, 0.15) is 0 Å². The fourth-order valence-electron chi connectivity index (χ4n) is 3.27. The number of nitrogens with zero attached hydrogens (tertiary/aromatic N) is 5. The Bertz CT molecular complexity index is 752. The monoisotopic (exact) mass is 317 g/mol. The number of likely N-dealkylation sites (tertiary alicyclic amines) is 1. The molecular formula is C16H23N5O2. The summed E-state index contributed by atoms with van der Waals surface area (Å²) in [7, 11) is 0. The molecule has 1 amide bonds. The van der Waals surface area contributed by atoms with Crippen LogP contribution in [0.25, 0.3) is 5.78 Å². The fraction of sp³-hybridized carbons (Fsp3) is 0.625. The first-order valence-corrected chi connectivity index (χ1v) is 8.04. The van der Waals surface area contributed by atoms with E-state index in [4.69, 9.17) is 0 Å². The Kier molecular flexibility index (Phi) is 3.83. The summed E-state index contributed by atoms with van der Waals surface area (Å²) in [5.74, 6) is 0.491. The van der Waals surface area contributed by atoms with Gasteiger partial charge >= 0.3 is 0 Å². The van der Waals surface area contributed by atoms with Gasteiger partial charge in [-0.15, -0.1) is 5.10 Å². The molecule has 124 valence electrons. The number of aliphatic hydroxyl groups is 1. The Morgan fingerprint density at radius 1 is 1.43 bits per heavy atom. The van der Waals surface area contributed by atoms with Crippen molar-refractivity contribution in [3.63, 3.8) is 0 Å². The molecule has 1 aliphatic heterocycles. The Morgan fingerprint density at radius 3 is 2.87 bits per heavy atom. The highest BCUT2D eigenvalue weighted by atomic mass is 16.3. The maximum atomic E-state index is 12.7. The van der Waals surface area contributed by atoms with Gasteiger partial charge in [-0.2, -0.15) is 4.98 Å². The van der Waals surface area contributed by atoms with Crippen molar-refractivity contribution in [2.75, 3.05) is 13.1 Å². The molecule has 7 nitrogen and oxygen atoms in total. The maximum Gasteiger partial charge on any atom is 0.293 e. The van der Waals surface area contributed by atoms with Gasteiger partial charge in [-0.25, -0.2) is 9.50 Å². The SMILES string of the molecule is CC[C@@H]1CN(C(=O)c2nc3nc(C)cc(C)n3n2)CC[C@]1(C)O. The second-order valence-corrected chi connectivity index (χ2v) is 6.65. The summed E-state index contributed by atoms with van der Waals surface area (Å²) >= 11 is 0. The van der Waals surface area contributed by atoms with Crippen LogP contribution in [0, 0.1) is 19.8 Å². The average molecular weight is 317 g/mol. The molecule has 0 saturated carbocycles. The highest BCUT2D eigenvalue weighted by Gasteiger charge is 2.38. The van der Waals surface area contributed by atoms with Crippen molar-refractivity contribution in [3.8, 4) is 0 Å². The first-order valence-electron chi connectivity index (χ1n) is 8.04. The van der Waals surface area contributed by atoms with Gasteiger partial charge in [0.15, 0.2) is 0 Å². The normalized spacial score (nSPS) is 25.1. The third kappa shape index (κ3) is 2.81. The van der Waals surface area contributed by atoms with Crippen LogP contribution in [0.5, 0.6) is 0 Å². The third-order valence-corrected chi connectivity index (χ3v) is 4.80. The molecule has 0 radical (unpaired) electrons. The zero-order chi connectivity index (χ0) is 16.8. The van der Waals surface area contributed by atoms with E-state index in [9.17, 15) is 9.90 Å². The number of aromatic nitrogens is 4. The van der Waals surface area contributed by atoms with Crippen LogP contribution < -0.4 is 0 Å². The Hall–Kier alpha value is -2.02. The summed E-state index contributed by atoms with van der Waals surface area (Å²) in [4.78, 5) is 23.1. The number of amides is 1. The van der Waals surface area contributed by atoms with Crippen LogP contribution in [-0.2, 0) is 0 Å². The predicted molar refractivity (Wildman–Crippen MR) is 85.2 cm³/mol. The molecule has 2 aromatic heterocycles. The Labute approximate surface area is 135 Å². The number of aryl methyl sites for hydroxylation is 2. The molecule has 1 N–H and O–H groups in total. The lowest BCUT2D eigenvalue weighted by molar-refractivity contribution is -0.0523. The first kappa shape index (κ1) is 15.9. The van der Waals surface area contributed by atoms with Crippen molar-refractivity contribution < 1.29 is 9.90 Å². The van der Waals surface area contributed by atoms with Crippen LogP contribution in [0.15, 0.2) is 6.07 Å². The van der Waals surface area contributed by atoms with Crippen LogP contribution in [-0.4, -0.2) is 54.2 Å². The summed E-state index contributed by atoms with van der Waals surface area (Å²) in [5.41, 5.74) is 1.03. The summed E-state index contributed by atoms with van der Waals surface area (Å²) in [5, 5.41) is 14.7. The minimum absolute atomic E-state index is 0.0688. The lowest BCUT2D eigenvalue weighted by Gasteiger charge is -2.42. The van der Waals surface area contributed by atoms with Crippen LogP contribution in [0.3, 0.4) is 0 Å². The van der Waals surface area contributed by atoms with Crippen LogP contribution in [0.4, 0.5) is 0 Å². The van der Waals surface area contributed by atoms with Crippen molar-refractivity contribution in [2.45, 2.75) is 46.1 Å². The van der Waals surface area contributed by atoms with E-state index in [1.54, 1.807) is 9.42 Å². The molecule has 3 heterocycles. The van der Waals surface area contributed by atoms with E-state index in [0.29, 0.717) is 25.3 Å². The fourth-order valence-corrected chi connectivity index (χ4v) is 3.27. The molecule has 23 heavy (non-hydrogen) atoms. The minimum atomic E-state index is -0.715. The quantitative estimate of drug-likeness (QED) is 0.904. The maximum absolute atomic E-state index is 12.7. The molecule has 3 rings (SSSR count). The molecule has 2 atom stereocenters. The number of hydrogen-bond acceptors (Lipinski definition) is 5. The Morgan fingerprint density at radius 2 is 2.17 bits per heavy atom. The molecule has 0 spiro atoms. The number of fused-ring (bicyclic) bond motifs is 1. The molecule has 0 unspecified atom stereocenters. The van der Waals surface area contributed by atoms with Crippen LogP contribution >= 0.6 is 0 Å². The molecule has 1 aliphatic rings. The summed E-state index contributed by atoms with van der Waals surface area (Å²) in [6.45, 7) is 8.73. The van der Waals surface area contributed by atoms with Crippen LogP contribution in [0.2, 0.25) is 0 Å². The Balaban J connectivity index is 1.88. The summed E-state index contributed by atoms with van der Waals surface area (Å²) in [6.07, 6.45) is 1.40. The number of carbonyl (C=O) groups excluding carboxylic acids is 1. The van der Waals surface area contributed by atoms with Gasteiger partial charge in [0.05, 0.1) is 5.60 Å². The second kappa shape index (κ2) is 5.56. The van der Waals surface area contributed by atoms with Crippen molar-refractivity contribution >= 4 is 11.7 Å². The second-order valence-electron chi connectivity index (χ2n) is 6.65. The molecule has 0 aromatic carbocycles. The minimum Gasteiger partial charge on any atom is -0.390 e. The standard InChI is InChI=1S/C16H23N5O2/c1-5-12-9-20(7-6-16(12,4)23)14(22)13-18-15-17-10(2)8-11(3)21(15)19-13/h8,12,23H,5-7,9H2,1-4H3/t12-,16+/m1/s1. The van der Waals surface area contributed by atoms with E-state index in [0.717, 1.165) is 17.8 Å². The van der Waals surface area contributed by atoms with E-state index >= 15 is 0 Å². The van der Waals surface area contributed by atoms with E-state index in [1.807, 2.05) is 33.8 Å². The van der Waals surface area contributed by atoms with E-state index in [2.05, 4.69) is 15.1 Å². The molecule has 1 saturated heterocycles. The number of carbonyl (C=O) groups is 1. The lowest BCUT2D eigenvalue weighted by Crippen LogP contribution is -2.51. The molecular weight excluding hydrogens is 294 g/mol. The summed E-state index contributed by atoms with van der Waals surface area (Å²) in [6, 6.07) is 1.90. The van der Waals surface area contributed by atoms with E-state index in [1.165, 1.54) is 0 Å². The predicted octanol–water partition coefficient (Wildman–Crippen LogP) is 1.36. The number of piperidine rings is 1. The van der Waals surface area contributed by atoms with Crippen molar-refractivity contribution in [1.29, 1.82) is 0 Å². The molecule has 7 heteroatoms. The lowest BCUT2D eigenvalue weighted by atomic mass is 9.81. The van der Waals surface area contributed by atoms with Gasteiger partial charge in [0.2, 0.25) is 5.82 Å². The number of rotatable bonds is 2. The van der Waals surface area contributed by atoms with E-state index in [-0.39, 0.29) is 17.6 Å². The smallest absolute Gasteiger partial charge is 0.293 e. The molecule has 1 fully saturated rings. The van der Waals surface area contributed by atoms with Crippen molar-refractivity contribution in [1.82, 2.24) is 24.5 Å². The molecule has 0 bridgehead atoms. The average Bonchev–Trinajstić information content (AvgIpc) is 2.90. The molecule has 2 aromatic rings. The van der Waals surface area contributed by atoms with Crippen molar-refractivity contribution in [2.24, 2.45) is 5.92 Å². The molecule has 0 aliphatic carbocycles. The zero-order valence-corrected chi connectivity index (χ0v) is 14.1. The topological polar surface area (TPSA) is 83.6 Å². The van der Waals surface area contributed by atoms with Gasteiger partial charge in [-0.05, 0) is 39.7 Å². The first-order chi connectivity index (χ1) is 10.8. The third-order valence-electron chi connectivity index (χ3n) is 4.80. The zero-order valence-electron chi connectivity index (χ0n) is 14.1. The van der Waals surface area contributed by atoms with Gasteiger partial charge < -0.3 is 10.0 Å². The highest BCUT2D eigenvalue weighted by molar-refractivity contribution is 5.91. The van der Waals surface area contributed by atoms with Crippen molar-refractivity contribution in [3.05, 3.63) is 23.3 Å².